The van der Waals surface area contributed by atoms with E-state index in [0.717, 1.165) is 36.7 Å². The second-order valence-electron chi connectivity index (χ2n) is 8.68. The molecule has 1 aromatic carbocycles. The predicted octanol–water partition coefficient (Wildman–Crippen LogP) is 6.63. The Hall–Kier alpha value is -1.38. The second-order valence-corrected chi connectivity index (χ2v) is 8.68. The van der Waals surface area contributed by atoms with Gasteiger partial charge in [-0.2, -0.15) is 0 Å². The van der Waals surface area contributed by atoms with Crippen LogP contribution < -0.4 is 4.74 Å². The number of carbonyl (C=O) groups excluding carboxylic acids is 1. The van der Waals surface area contributed by atoms with Gasteiger partial charge in [0.05, 0.1) is 5.92 Å². The third kappa shape index (κ3) is 5.12. The SMILES string of the molecule is CCCCCC1CCC(CCc2ccc3c(c2F)OC(=O)C(CC)C3)CC1. The Morgan fingerprint density at radius 2 is 1.74 bits per heavy atom. The van der Waals surface area contributed by atoms with Gasteiger partial charge in [-0.1, -0.05) is 77.3 Å². The molecule has 0 amide bonds. The molecule has 1 aliphatic heterocycles. The molecule has 0 aromatic heterocycles. The number of hydrogen-bond donors (Lipinski definition) is 0. The fourth-order valence-corrected chi connectivity index (χ4v) is 4.80. The van der Waals surface area contributed by atoms with Crippen molar-refractivity contribution in [3.05, 3.63) is 29.1 Å². The number of ether oxygens (including phenoxy) is 1. The number of halogens is 1. The first-order valence-electron chi connectivity index (χ1n) is 11.1. The van der Waals surface area contributed by atoms with Gasteiger partial charge in [0.1, 0.15) is 0 Å². The average molecular weight is 375 g/mol. The maximum Gasteiger partial charge on any atom is 0.314 e. The summed E-state index contributed by atoms with van der Waals surface area (Å²) >= 11 is 0. The molecule has 2 nitrogen and oxygen atoms in total. The molecule has 1 heterocycles. The minimum atomic E-state index is -0.302. The normalized spacial score (nSPS) is 25.1. The van der Waals surface area contributed by atoms with Crippen molar-refractivity contribution in [1.29, 1.82) is 0 Å². The molecule has 0 spiro atoms. The van der Waals surface area contributed by atoms with E-state index in [1.54, 1.807) is 0 Å². The van der Waals surface area contributed by atoms with Crippen molar-refractivity contribution in [2.45, 2.75) is 90.9 Å². The van der Waals surface area contributed by atoms with Gasteiger partial charge in [-0.15, -0.1) is 0 Å². The summed E-state index contributed by atoms with van der Waals surface area (Å²) in [6, 6.07) is 3.88. The minimum Gasteiger partial charge on any atom is -0.423 e. The monoisotopic (exact) mass is 374 g/mol. The molecule has 1 fully saturated rings. The van der Waals surface area contributed by atoms with E-state index >= 15 is 0 Å². The summed E-state index contributed by atoms with van der Waals surface area (Å²) in [6.07, 6.45) is 13.8. The molecule has 0 saturated heterocycles. The molecule has 0 bridgehead atoms. The highest BCUT2D eigenvalue weighted by Gasteiger charge is 2.30. The molecule has 27 heavy (non-hydrogen) atoms. The highest BCUT2D eigenvalue weighted by Crippen LogP contribution is 2.37. The fraction of sp³-hybridized carbons (Fsp3) is 0.708. The summed E-state index contributed by atoms with van der Waals surface area (Å²) < 4.78 is 20.2. The molecule has 1 unspecified atom stereocenters. The van der Waals surface area contributed by atoms with Crippen LogP contribution in [0.3, 0.4) is 0 Å². The second kappa shape index (κ2) is 9.71. The number of aryl methyl sites for hydroxylation is 1. The van der Waals surface area contributed by atoms with E-state index in [-0.39, 0.29) is 23.5 Å². The largest absolute Gasteiger partial charge is 0.423 e. The van der Waals surface area contributed by atoms with Crippen LogP contribution in [0.5, 0.6) is 5.75 Å². The standard InChI is InChI=1S/C24H35FO2/c1-3-5-6-7-17-8-10-18(11-9-17)12-13-20-14-15-21-16-19(4-2)24(26)27-23(21)22(20)25/h14-15,17-19H,3-13,16H2,1-2H3. The molecule has 3 heteroatoms. The van der Waals surface area contributed by atoms with Crippen LogP contribution in [0.2, 0.25) is 0 Å². The quantitative estimate of drug-likeness (QED) is 0.290. The van der Waals surface area contributed by atoms with Gasteiger partial charge in [-0.25, -0.2) is 4.39 Å². The van der Waals surface area contributed by atoms with E-state index in [1.165, 1.54) is 51.4 Å². The average Bonchev–Trinajstić information content (AvgIpc) is 2.69. The number of esters is 1. The molecule has 2 aliphatic rings. The van der Waals surface area contributed by atoms with Crippen LogP contribution in [0.4, 0.5) is 4.39 Å². The van der Waals surface area contributed by atoms with Gasteiger partial charge < -0.3 is 4.74 Å². The lowest BCUT2D eigenvalue weighted by Crippen LogP contribution is -2.28. The number of rotatable bonds is 8. The van der Waals surface area contributed by atoms with E-state index in [4.69, 9.17) is 4.74 Å². The number of unbranched alkanes of at least 4 members (excludes halogenated alkanes) is 2. The Balaban J connectivity index is 1.51. The molecular formula is C24H35FO2. The first kappa shape index (κ1) is 20.4. The van der Waals surface area contributed by atoms with Crippen LogP contribution in [-0.4, -0.2) is 5.97 Å². The molecule has 0 N–H and O–H groups in total. The van der Waals surface area contributed by atoms with Crippen molar-refractivity contribution in [2.75, 3.05) is 0 Å². The summed E-state index contributed by atoms with van der Waals surface area (Å²) in [4.78, 5) is 12.0. The molecule has 1 aromatic rings. The summed E-state index contributed by atoms with van der Waals surface area (Å²) in [5.74, 6) is 1.12. The molecule has 1 aliphatic carbocycles. The molecule has 1 atom stereocenters. The van der Waals surface area contributed by atoms with E-state index in [0.29, 0.717) is 12.0 Å². The lowest BCUT2D eigenvalue weighted by atomic mass is 9.77. The number of carbonyl (C=O) groups is 1. The Kier molecular flexibility index (Phi) is 7.32. The van der Waals surface area contributed by atoms with Crippen molar-refractivity contribution in [2.24, 2.45) is 17.8 Å². The van der Waals surface area contributed by atoms with Crippen molar-refractivity contribution < 1.29 is 13.9 Å². The fourth-order valence-electron chi connectivity index (χ4n) is 4.80. The zero-order valence-electron chi connectivity index (χ0n) is 17.1. The lowest BCUT2D eigenvalue weighted by Gasteiger charge is -2.29. The van der Waals surface area contributed by atoms with E-state index < -0.39 is 0 Å². The van der Waals surface area contributed by atoms with Crippen LogP contribution in [0.1, 0.15) is 89.2 Å². The van der Waals surface area contributed by atoms with Crippen LogP contribution in [0.25, 0.3) is 0 Å². The third-order valence-corrected chi connectivity index (χ3v) is 6.76. The summed E-state index contributed by atoms with van der Waals surface area (Å²) in [5, 5.41) is 0. The van der Waals surface area contributed by atoms with Crippen molar-refractivity contribution in [1.82, 2.24) is 0 Å². The molecular weight excluding hydrogens is 339 g/mol. The molecule has 1 saturated carbocycles. The number of fused-ring (bicyclic) bond motifs is 1. The predicted molar refractivity (Wildman–Crippen MR) is 107 cm³/mol. The Bertz CT molecular complexity index is 632. The van der Waals surface area contributed by atoms with Gasteiger partial charge in [0.25, 0.3) is 0 Å². The maximum atomic E-state index is 14.9. The van der Waals surface area contributed by atoms with Gasteiger partial charge in [-0.3, -0.25) is 4.79 Å². The molecule has 0 radical (unpaired) electrons. The van der Waals surface area contributed by atoms with Gasteiger partial charge in [0, 0.05) is 0 Å². The molecule has 150 valence electrons. The Labute approximate surface area is 163 Å². The van der Waals surface area contributed by atoms with Crippen LogP contribution >= 0.6 is 0 Å². The van der Waals surface area contributed by atoms with Crippen LogP contribution in [0.15, 0.2) is 12.1 Å². The molecule has 3 rings (SSSR count). The van der Waals surface area contributed by atoms with Crippen molar-refractivity contribution in [3.8, 4) is 5.75 Å². The van der Waals surface area contributed by atoms with Gasteiger partial charge in [-0.05, 0) is 48.6 Å². The summed E-state index contributed by atoms with van der Waals surface area (Å²) in [6.45, 7) is 4.24. The zero-order chi connectivity index (χ0) is 19.2. The van der Waals surface area contributed by atoms with Crippen LogP contribution in [-0.2, 0) is 17.6 Å². The van der Waals surface area contributed by atoms with E-state index in [2.05, 4.69) is 6.92 Å². The highest BCUT2D eigenvalue weighted by molar-refractivity contribution is 5.78. The highest BCUT2D eigenvalue weighted by atomic mass is 19.1. The minimum absolute atomic E-state index is 0.129. The third-order valence-electron chi connectivity index (χ3n) is 6.76. The van der Waals surface area contributed by atoms with Gasteiger partial charge in [0.15, 0.2) is 11.6 Å². The lowest BCUT2D eigenvalue weighted by molar-refractivity contribution is -0.140. The van der Waals surface area contributed by atoms with E-state index in [9.17, 15) is 9.18 Å². The summed E-state index contributed by atoms with van der Waals surface area (Å²) in [7, 11) is 0. The van der Waals surface area contributed by atoms with E-state index in [1.807, 2.05) is 19.1 Å². The maximum absolute atomic E-state index is 14.9. The smallest absolute Gasteiger partial charge is 0.314 e. The van der Waals surface area contributed by atoms with Crippen molar-refractivity contribution in [3.63, 3.8) is 0 Å². The van der Waals surface area contributed by atoms with Crippen LogP contribution in [0, 0.1) is 23.6 Å². The first-order chi connectivity index (χ1) is 13.1. The Morgan fingerprint density at radius 3 is 2.41 bits per heavy atom. The zero-order valence-corrected chi connectivity index (χ0v) is 17.1. The summed E-state index contributed by atoms with van der Waals surface area (Å²) in [5.41, 5.74) is 1.55. The van der Waals surface area contributed by atoms with Crippen molar-refractivity contribution >= 4 is 5.97 Å². The van der Waals surface area contributed by atoms with Gasteiger partial charge >= 0.3 is 5.97 Å². The first-order valence-corrected chi connectivity index (χ1v) is 11.1. The number of hydrogen-bond acceptors (Lipinski definition) is 2. The topological polar surface area (TPSA) is 26.3 Å². The number of benzene rings is 1. The van der Waals surface area contributed by atoms with Gasteiger partial charge in [0.2, 0.25) is 0 Å². The Morgan fingerprint density at radius 1 is 1.04 bits per heavy atom.